The Kier molecular flexibility index (Phi) is 5.22. The molecule has 0 aliphatic carbocycles. The van der Waals surface area contributed by atoms with E-state index in [2.05, 4.69) is 11.2 Å². The van der Waals surface area contributed by atoms with Crippen molar-refractivity contribution < 1.29 is 9.53 Å². The van der Waals surface area contributed by atoms with Crippen molar-refractivity contribution in [3.63, 3.8) is 0 Å². The van der Waals surface area contributed by atoms with Gasteiger partial charge in [0, 0.05) is 7.11 Å². The summed E-state index contributed by atoms with van der Waals surface area (Å²) in [5.74, 6) is 2.13. The Balaban J connectivity index is 3.57. The van der Waals surface area contributed by atoms with Crippen molar-refractivity contribution in [2.24, 2.45) is 5.92 Å². The molecule has 3 nitrogen and oxygen atoms in total. The van der Waals surface area contributed by atoms with Crippen molar-refractivity contribution in [3.05, 3.63) is 0 Å². The lowest BCUT2D eigenvalue weighted by Crippen LogP contribution is -2.31. The number of hydrogen-bond acceptors (Lipinski definition) is 2. The molecule has 0 bridgehead atoms. The number of amides is 1. The summed E-state index contributed by atoms with van der Waals surface area (Å²) in [5, 5.41) is 2.56. The summed E-state index contributed by atoms with van der Waals surface area (Å²) < 4.78 is 4.79. The molecule has 1 atom stereocenters. The molecule has 0 aromatic carbocycles. The van der Waals surface area contributed by atoms with Gasteiger partial charge in [0.1, 0.15) is 0 Å². The predicted molar refractivity (Wildman–Crippen MR) is 42.9 cm³/mol. The van der Waals surface area contributed by atoms with Gasteiger partial charge in [0.15, 0.2) is 0 Å². The summed E-state index contributed by atoms with van der Waals surface area (Å²) >= 11 is 0. The van der Waals surface area contributed by atoms with Gasteiger partial charge in [-0.25, -0.2) is 0 Å². The van der Waals surface area contributed by atoms with Crippen LogP contribution in [0, 0.1) is 18.3 Å². The van der Waals surface area contributed by atoms with E-state index in [1.807, 2.05) is 0 Å². The molecule has 0 saturated heterocycles. The minimum absolute atomic E-state index is 0.0650. The van der Waals surface area contributed by atoms with Gasteiger partial charge in [-0.05, 0) is 0 Å². The average molecular weight is 155 g/mol. The molecule has 0 aliphatic rings. The SMILES string of the molecule is C#CCNC(=O)C(C)COC. The van der Waals surface area contributed by atoms with Gasteiger partial charge in [-0.15, -0.1) is 6.42 Å². The third-order valence-electron chi connectivity index (χ3n) is 1.23. The largest absolute Gasteiger partial charge is 0.384 e. The van der Waals surface area contributed by atoms with E-state index in [-0.39, 0.29) is 18.4 Å². The molecule has 0 rings (SSSR count). The Morgan fingerprint density at radius 2 is 2.45 bits per heavy atom. The molecule has 0 heterocycles. The molecule has 1 N–H and O–H groups in total. The van der Waals surface area contributed by atoms with E-state index in [1.54, 1.807) is 14.0 Å². The molecule has 0 radical (unpaired) electrons. The maximum atomic E-state index is 11.0. The number of methoxy groups -OCH3 is 1. The molecule has 11 heavy (non-hydrogen) atoms. The monoisotopic (exact) mass is 155 g/mol. The second-order valence-electron chi connectivity index (χ2n) is 2.28. The van der Waals surface area contributed by atoms with Gasteiger partial charge >= 0.3 is 0 Å². The molecule has 0 aromatic heterocycles. The molecule has 1 unspecified atom stereocenters. The lowest BCUT2D eigenvalue weighted by atomic mass is 10.2. The van der Waals surface area contributed by atoms with Crippen LogP contribution in [0.1, 0.15) is 6.92 Å². The van der Waals surface area contributed by atoms with Crippen LogP contribution in [0.5, 0.6) is 0 Å². The average Bonchev–Trinajstić information content (AvgIpc) is 2.00. The minimum Gasteiger partial charge on any atom is -0.384 e. The number of carbonyl (C=O) groups is 1. The lowest BCUT2D eigenvalue weighted by molar-refractivity contribution is -0.125. The van der Waals surface area contributed by atoms with Gasteiger partial charge in [-0.1, -0.05) is 12.8 Å². The molecule has 0 fully saturated rings. The quantitative estimate of drug-likeness (QED) is 0.581. The summed E-state index contributed by atoms with van der Waals surface area (Å²) in [6.07, 6.45) is 4.95. The Labute approximate surface area is 67.1 Å². The summed E-state index contributed by atoms with van der Waals surface area (Å²) in [7, 11) is 1.56. The Morgan fingerprint density at radius 1 is 1.82 bits per heavy atom. The number of carbonyl (C=O) groups excluding carboxylic acids is 1. The maximum Gasteiger partial charge on any atom is 0.225 e. The smallest absolute Gasteiger partial charge is 0.225 e. The highest BCUT2D eigenvalue weighted by Crippen LogP contribution is 1.93. The van der Waals surface area contributed by atoms with Gasteiger partial charge in [-0.3, -0.25) is 4.79 Å². The van der Waals surface area contributed by atoms with Gasteiger partial charge in [0.25, 0.3) is 0 Å². The Bertz CT molecular complexity index is 160. The van der Waals surface area contributed by atoms with E-state index in [9.17, 15) is 4.79 Å². The number of nitrogens with one attached hydrogen (secondary N) is 1. The Hall–Kier alpha value is -1.01. The zero-order chi connectivity index (χ0) is 8.69. The van der Waals surface area contributed by atoms with Crippen LogP contribution in [0.15, 0.2) is 0 Å². The van der Waals surface area contributed by atoms with Crippen LogP contribution in [0.3, 0.4) is 0 Å². The van der Waals surface area contributed by atoms with Crippen molar-refractivity contribution >= 4 is 5.91 Å². The van der Waals surface area contributed by atoms with Gasteiger partial charge in [-0.2, -0.15) is 0 Å². The molecule has 0 aliphatic heterocycles. The molecule has 0 spiro atoms. The third-order valence-corrected chi connectivity index (χ3v) is 1.23. The van der Waals surface area contributed by atoms with Gasteiger partial charge < -0.3 is 10.1 Å². The first kappa shape index (κ1) is 9.99. The van der Waals surface area contributed by atoms with E-state index >= 15 is 0 Å². The number of hydrogen-bond donors (Lipinski definition) is 1. The second-order valence-corrected chi connectivity index (χ2v) is 2.28. The number of terminal acetylenes is 1. The van der Waals surface area contributed by atoms with E-state index < -0.39 is 0 Å². The standard InChI is InChI=1S/C8H13NO2/c1-4-5-9-8(10)7(2)6-11-3/h1,7H,5-6H2,2-3H3,(H,9,10). The van der Waals surface area contributed by atoms with E-state index in [0.29, 0.717) is 6.61 Å². The summed E-state index contributed by atoms with van der Waals surface area (Å²) in [6.45, 7) is 2.50. The van der Waals surface area contributed by atoms with Crippen molar-refractivity contribution in [2.45, 2.75) is 6.92 Å². The number of rotatable bonds is 4. The highest BCUT2D eigenvalue weighted by atomic mass is 16.5. The van der Waals surface area contributed by atoms with Crippen LogP contribution in [0.4, 0.5) is 0 Å². The summed E-state index contributed by atoms with van der Waals surface area (Å²) in [4.78, 5) is 11.0. The van der Waals surface area contributed by atoms with E-state index in [4.69, 9.17) is 11.2 Å². The fourth-order valence-electron chi connectivity index (χ4n) is 0.638. The van der Waals surface area contributed by atoms with Crippen molar-refractivity contribution in [2.75, 3.05) is 20.3 Å². The predicted octanol–water partition coefficient (Wildman–Crippen LogP) is 0.0183. The zero-order valence-electron chi connectivity index (χ0n) is 6.89. The van der Waals surface area contributed by atoms with Crippen molar-refractivity contribution in [1.29, 1.82) is 0 Å². The van der Waals surface area contributed by atoms with Crippen LogP contribution >= 0.6 is 0 Å². The molecular weight excluding hydrogens is 142 g/mol. The normalized spacial score (nSPS) is 11.7. The maximum absolute atomic E-state index is 11.0. The second kappa shape index (κ2) is 5.75. The van der Waals surface area contributed by atoms with Crippen LogP contribution in [-0.4, -0.2) is 26.2 Å². The molecule has 3 heteroatoms. The van der Waals surface area contributed by atoms with E-state index in [0.717, 1.165) is 0 Å². The first-order valence-electron chi connectivity index (χ1n) is 3.42. The zero-order valence-corrected chi connectivity index (χ0v) is 6.89. The molecule has 0 saturated carbocycles. The highest BCUT2D eigenvalue weighted by Gasteiger charge is 2.10. The number of ether oxygens (including phenoxy) is 1. The van der Waals surface area contributed by atoms with Gasteiger partial charge in [0.05, 0.1) is 19.1 Å². The summed E-state index contributed by atoms with van der Waals surface area (Å²) in [6, 6.07) is 0. The van der Waals surface area contributed by atoms with Crippen LogP contribution in [0.2, 0.25) is 0 Å². The summed E-state index contributed by atoms with van der Waals surface area (Å²) in [5.41, 5.74) is 0. The fourth-order valence-corrected chi connectivity index (χ4v) is 0.638. The van der Waals surface area contributed by atoms with Crippen molar-refractivity contribution in [3.8, 4) is 12.3 Å². The molecule has 0 aromatic rings. The molecular formula is C8H13NO2. The first-order chi connectivity index (χ1) is 5.22. The van der Waals surface area contributed by atoms with E-state index in [1.165, 1.54) is 0 Å². The minimum atomic E-state index is -0.131. The highest BCUT2D eigenvalue weighted by molar-refractivity contribution is 5.78. The van der Waals surface area contributed by atoms with Crippen LogP contribution in [-0.2, 0) is 9.53 Å². The van der Waals surface area contributed by atoms with Crippen molar-refractivity contribution in [1.82, 2.24) is 5.32 Å². The molecule has 62 valence electrons. The lowest BCUT2D eigenvalue weighted by Gasteiger charge is -2.08. The van der Waals surface area contributed by atoms with Gasteiger partial charge in [0.2, 0.25) is 5.91 Å². The third kappa shape index (κ3) is 4.40. The van der Waals surface area contributed by atoms with Crippen LogP contribution in [0.25, 0.3) is 0 Å². The fraction of sp³-hybridized carbons (Fsp3) is 0.625. The first-order valence-corrected chi connectivity index (χ1v) is 3.42. The molecule has 1 amide bonds. The topological polar surface area (TPSA) is 38.3 Å². The van der Waals surface area contributed by atoms with Crippen LogP contribution < -0.4 is 5.32 Å². The Morgan fingerprint density at radius 3 is 2.91 bits per heavy atom.